The number of hydrogen-bond acceptors (Lipinski definition) is 3. The van der Waals surface area contributed by atoms with Crippen LogP contribution in [0.1, 0.15) is 27.3 Å². The zero-order valence-electron chi connectivity index (χ0n) is 24.5. The van der Waals surface area contributed by atoms with Gasteiger partial charge in [-0.3, -0.25) is 4.79 Å². The van der Waals surface area contributed by atoms with E-state index in [1.54, 1.807) is 0 Å². The molecule has 1 saturated heterocycles. The number of imidazole rings is 1. The summed E-state index contributed by atoms with van der Waals surface area (Å²) in [6, 6.07) is 27.7. The van der Waals surface area contributed by atoms with Crippen LogP contribution in [0.3, 0.4) is 0 Å². The van der Waals surface area contributed by atoms with Crippen molar-refractivity contribution in [1.82, 2.24) is 23.9 Å². The summed E-state index contributed by atoms with van der Waals surface area (Å²) < 4.78 is 5.39. The lowest BCUT2D eigenvalue weighted by atomic mass is 9.97. The predicted molar refractivity (Wildman–Crippen MR) is 178 cm³/mol. The first-order valence-electron chi connectivity index (χ1n) is 14.8. The zero-order valence-corrected chi connectivity index (χ0v) is 26.1. The van der Waals surface area contributed by atoms with Crippen molar-refractivity contribution < 1.29 is 4.79 Å². The molecule has 0 aliphatic carbocycles. The first-order valence-corrected chi connectivity index (χ1v) is 15.6. The monoisotopic (exact) mass is 631 g/mol. The van der Waals surface area contributed by atoms with Gasteiger partial charge in [0.2, 0.25) is 0 Å². The Hall–Kier alpha value is -4.20. The van der Waals surface area contributed by atoms with E-state index < -0.39 is 0 Å². The first-order chi connectivity index (χ1) is 20.9. The SMILES string of the molecule is Cc1ncn(Cc2ccc3ccccc3c2)c1Cn1cc(C(=O)N2CCN(C)CC2)c(-c2cc(Br)cc3ccccc23)c1. The Balaban J connectivity index is 1.27. The second-order valence-corrected chi connectivity index (χ2v) is 12.5. The summed E-state index contributed by atoms with van der Waals surface area (Å²) in [5.41, 5.74) is 6.12. The number of hydrogen-bond donors (Lipinski definition) is 0. The van der Waals surface area contributed by atoms with Gasteiger partial charge in [0, 0.05) is 55.2 Å². The molecule has 1 amide bonds. The number of carbonyl (C=O) groups is 1. The molecule has 7 heteroatoms. The Morgan fingerprint density at radius 2 is 1.56 bits per heavy atom. The van der Waals surface area contributed by atoms with E-state index in [0.29, 0.717) is 6.54 Å². The van der Waals surface area contributed by atoms with Gasteiger partial charge in [0.15, 0.2) is 0 Å². The highest BCUT2D eigenvalue weighted by molar-refractivity contribution is 9.10. The molecule has 0 unspecified atom stereocenters. The molecule has 4 aromatic carbocycles. The smallest absolute Gasteiger partial charge is 0.256 e. The van der Waals surface area contributed by atoms with E-state index in [4.69, 9.17) is 4.98 Å². The Bertz CT molecular complexity index is 1960. The summed E-state index contributed by atoms with van der Waals surface area (Å²) in [5.74, 6) is 0.0901. The van der Waals surface area contributed by atoms with Gasteiger partial charge in [0.25, 0.3) is 5.91 Å². The molecule has 6 aromatic rings. The third-order valence-corrected chi connectivity index (χ3v) is 9.13. The largest absolute Gasteiger partial charge is 0.347 e. The lowest BCUT2D eigenvalue weighted by Crippen LogP contribution is -2.47. The third-order valence-electron chi connectivity index (χ3n) is 8.67. The Labute approximate surface area is 260 Å². The van der Waals surface area contributed by atoms with Crippen molar-refractivity contribution in [2.24, 2.45) is 0 Å². The van der Waals surface area contributed by atoms with Crippen molar-refractivity contribution in [1.29, 1.82) is 0 Å². The fraction of sp³-hybridized carbons (Fsp3) is 0.222. The average molecular weight is 633 g/mol. The molecule has 1 fully saturated rings. The summed E-state index contributed by atoms with van der Waals surface area (Å²) in [6.45, 7) is 6.65. The Morgan fingerprint density at radius 1 is 0.814 bits per heavy atom. The van der Waals surface area contributed by atoms with E-state index >= 15 is 0 Å². The summed E-state index contributed by atoms with van der Waals surface area (Å²) in [7, 11) is 2.11. The molecule has 3 heterocycles. The fourth-order valence-electron chi connectivity index (χ4n) is 6.22. The molecule has 1 aliphatic rings. The van der Waals surface area contributed by atoms with Crippen molar-refractivity contribution in [3.05, 3.63) is 125 Å². The van der Waals surface area contributed by atoms with Crippen LogP contribution in [-0.2, 0) is 13.1 Å². The summed E-state index contributed by atoms with van der Waals surface area (Å²) in [5, 5.41) is 4.75. The molecule has 0 spiro atoms. The molecule has 1 aliphatic heterocycles. The van der Waals surface area contributed by atoms with Crippen LogP contribution in [0.5, 0.6) is 0 Å². The van der Waals surface area contributed by atoms with E-state index in [0.717, 1.165) is 76.0 Å². The molecule has 0 N–H and O–H groups in total. The van der Waals surface area contributed by atoms with Gasteiger partial charge in [-0.2, -0.15) is 0 Å². The molecule has 43 heavy (non-hydrogen) atoms. The van der Waals surface area contributed by atoms with Gasteiger partial charge in [-0.1, -0.05) is 76.6 Å². The van der Waals surface area contributed by atoms with Gasteiger partial charge >= 0.3 is 0 Å². The highest BCUT2D eigenvalue weighted by Gasteiger charge is 2.26. The van der Waals surface area contributed by atoms with E-state index in [-0.39, 0.29) is 5.91 Å². The maximum atomic E-state index is 14.1. The first kappa shape index (κ1) is 27.6. The number of aryl methyl sites for hydroxylation is 1. The van der Waals surface area contributed by atoms with Gasteiger partial charge in [0.05, 0.1) is 29.8 Å². The van der Waals surface area contributed by atoms with Crippen LogP contribution in [0.4, 0.5) is 0 Å². The van der Waals surface area contributed by atoms with Crippen LogP contribution < -0.4 is 0 Å². The van der Waals surface area contributed by atoms with Crippen molar-refractivity contribution in [2.75, 3.05) is 33.2 Å². The second-order valence-electron chi connectivity index (χ2n) is 11.6. The number of amides is 1. The summed E-state index contributed by atoms with van der Waals surface area (Å²) >= 11 is 3.73. The van der Waals surface area contributed by atoms with E-state index in [9.17, 15) is 4.79 Å². The van der Waals surface area contributed by atoms with Gasteiger partial charge in [0.1, 0.15) is 0 Å². The normalized spacial score (nSPS) is 14.2. The van der Waals surface area contributed by atoms with Crippen molar-refractivity contribution in [3.8, 4) is 11.1 Å². The number of benzene rings is 4. The molecule has 7 rings (SSSR count). The van der Waals surface area contributed by atoms with Crippen molar-refractivity contribution >= 4 is 43.4 Å². The molecule has 0 bridgehead atoms. The van der Waals surface area contributed by atoms with E-state index in [1.165, 1.54) is 16.3 Å². The topological polar surface area (TPSA) is 46.3 Å². The molecule has 2 aromatic heterocycles. The number of nitrogens with zero attached hydrogens (tertiary/aromatic N) is 5. The second kappa shape index (κ2) is 11.5. The van der Waals surface area contributed by atoms with Crippen LogP contribution in [0.25, 0.3) is 32.7 Å². The maximum Gasteiger partial charge on any atom is 0.256 e. The molecular formula is C36H34BrN5O. The third kappa shape index (κ3) is 5.51. The number of rotatable bonds is 6. The van der Waals surface area contributed by atoms with Crippen LogP contribution in [0.2, 0.25) is 0 Å². The molecule has 0 radical (unpaired) electrons. The number of fused-ring (bicyclic) bond motifs is 2. The highest BCUT2D eigenvalue weighted by Crippen LogP contribution is 2.35. The van der Waals surface area contributed by atoms with Gasteiger partial charge in [-0.05, 0) is 64.8 Å². The molecule has 0 atom stereocenters. The molecule has 6 nitrogen and oxygen atoms in total. The van der Waals surface area contributed by atoms with Crippen LogP contribution in [0, 0.1) is 6.92 Å². The van der Waals surface area contributed by atoms with Crippen molar-refractivity contribution in [3.63, 3.8) is 0 Å². The summed E-state index contributed by atoms with van der Waals surface area (Å²) in [4.78, 5) is 23.0. The number of piperazine rings is 1. The average Bonchev–Trinajstić information content (AvgIpc) is 3.60. The Kier molecular flexibility index (Phi) is 7.37. The number of aromatic nitrogens is 3. The highest BCUT2D eigenvalue weighted by atomic mass is 79.9. The predicted octanol–water partition coefficient (Wildman–Crippen LogP) is 7.21. The van der Waals surface area contributed by atoms with Gasteiger partial charge in [-0.15, -0.1) is 0 Å². The lowest BCUT2D eigenvalue weighted by Gasteiger charge is -2.32. The van der Waals surface area contributed by atoms with Crippen LogP contribution >= 0.6 is 15.9 Å². The van der Waals surface area contributed by atoms with E-state index in [1.807, 2.05) is 17.4 Å². The standard InChI is InChI=1S/C36H34BrN5O/c1-25-35(42(24-38-25)20-26-11-12-27-7-3-4-8-28(27)17-26)23-40-21-33(32-19-30(37)18-29-9-5-6-10-31(29)32)34(22-40)36(43)41-15-13-39(2)14-16-41/h3-12,17-19,21-22,24H,13-16,20,23H2,1-2H3. The quantitative estimate of drug-likeness (QED) is 0.195. The molecular weight excluding hydrogens is 598 g/mol. The van der Waals surface area contributed by atoms with Crippen LogP contribution in [-0.4, -0.2) is 63.1 Å². The minimum atomic E-state index is 0.0901. The number of carbonyl (C=O) groups excluding carboxylic acids is 1. The lowest BCUT2D eigenvalue weighted by molar-refractivity contribution is 0.0665. The minimum Gasteiger partial charge on any atom is -0.347 e. The van der Waals surface area contributed by atoms with Crippen LogP contribution in [0.15, 0.2) is 102 Å². The van der Waals surface area contributed by atoms with Gasteiger partial charge in [-0.25, -0.2) is 4.98 Å². The molecule has 0 saturated carbocycles. The Morgan fingerprint density at radius 3 is 2.37 bits per heavy atom. The van der Waals surface area contributed by atoms with Crippen molar-refractivity contribution in [2.45, 2.75) is 20.0 Å². The van der Waals surface area contributed by atoms with Gasteiger partial charge < -0.3 is 18.9 Å². The fourth-order valence-corrected chi connectivity index (χ4v) is 6.69. The summed E-state index contributed by atoms with van der Waals surface area (Å²) in [6.07, 6.45) is 6.12. The number of halogens is 1. The molecule has 216 valence electrons. The zero-order chi connectivity index (χ0) is 29.5. The minimum absolute atomic E-state index is 0.0901. The maximum absolute atomic E-state index is 14.1. The number of likely N-dealkylation sites (N-methyl/N-ethyl adjacent to an activating group) is 1. The van der Waals surface area contributed by atoms with E-state index in [2.05, 4.69) is 129 Å².